The smallest absolute Gasteiger partial charge is 0.410 e. The molecule has 1 amide bonds. The summed E-state index contributed by atoms with van der Waals surface area (Å²) in [6, 6.07) is 0. The Hall–Kier alpha value is -4.22. The number of halogens is 1. The van der Waals surface area contributed by atoms with Crippen LogP contribution in [0, 0.1) is 5.41 Å². The highest BCUT2D eigenvalue weighted by atomic mass is 19.1. The number of hydrogen-bond acceptors (Lipinski definition) is 10. The van der Waals surface area contributed by atoms with Crippen LogP contribution in [0.25, 0.3) is 0 Å². The molecular weight excluding hydrogens is 527 g/mol. The molecule has 11 nitrogen and oxygen atoms in total. The van der Waals surface area contributed by atoms with Crippen molar-refractivity contribution >= 4 is 23.6 Å². The summed E-state index contributed by atoms with van der Waals surface area (Å²) in [4.78, 5) is 32.0. The molecule has 0 bridgehead atoms. The number of piperazine rings is 1. The van der Waals surface area contributed by atoms with Gasteiger partial charge in [-0.1, -0.05) is 12.7 Å². The molecule has 41 heavy (non-hydrogen) atoms. The summed E-state index contributed by atoms with van der Waals surface area (Å²) in [5.41, 5.74) is 7.25. The Kier molecular flexibility index (Phi) is 8.79. The number of nitrogens with one attached hydrogen (secondary N) is 1. The second-order valence-electron chi connectivity index (χ2n) is 11.2. The van der Waals surface area contributed by atoms with Gasteiger partial charge in [-0.2, -0.15) is 0 Å². The van der Waals surface area contributed by atoms with Gasteiger partial charge in [-0.3, -0.25) is 0 Å². The Balaban J connectivity index is 1.37. The van der Waals surface area contributed by atoms with Gasteiger partial charge in [0.15, 0.2) is 11.6 Å². The predicted molar refractivity (Wildman–Crippen MR) is 157 cm³/mol. The quantitative estimate of drug-likeness (QED) is 0.264. The minimum atomic E-state index is -0.905. The van der Waals surface area contributed by atoms with E-state index in [2.05, 4.69) is 21.5 Å². The molecule has 4 heterocycles. The van der Waals surface area contributed by atoms with Gasteiger partial charge in [0.2, 0.25) is 5.95 Å². The Morgan fingerprint density at radius 1 is 1.22 bits per heavy atom. The molecule has 1 aromatic heterocycles. The number of nitrogens with zero attached hydrogens (tertiary/aromatic N) is 6. The van der Waals surface area contributed by atoms with E-state index in [9.17, 15) is 14.3 Å². The van der Waals surface area contributed by atoms with E-state index in [1.165, 1.54) is 12.2 Å². The molecule has 0 spiro atoms. The molecule has 4 N–H and O–H groups in total. The summed E-state index contributed by atoms with van der Waals surface area (Å²) in [5, 5.41) is 18.6. The number of aromatic nitrogens is 2. The molecule has 0 radical (unpaired) electrons. The molecule has 1 unspecified atom stereocenters. The second-order valence-corrected chi connectivity index (χ2v) is 11.2. The standard InChI is InChI=1S/C29H39FN8O3/c1-6-20(25(39)21(30)7-2)22(31)14-23-26(32)35-24-17-37(12-13-38(23)24)27-33-15-19(16-34-27)18-8-10-36(11-9-18)28(40)41-29(3,4)5/h6-7,14-16,18,24,31,39H,2,8-13,17H2,1,3-5H3,(H2,32,35)/b20-6-,23-14+,25-21-,31-22?. The van der Waals surface area contributed by atoms with E-state index in [0.29, 0.717) is 44.4 Å². The van der Waals surface area contributed by atoms with Crippen LogP contribution in [-0.4, -0.2) is 87.0 Å². The minimum Gasteiger partial charge on any atom is -0.504 e. The molecule has 3 aliphatic rings. The van der Waals surface area contributed by atoms with Crippen molar-refractivity contribution in [3.05, 3.63) is 65.6 Å². The number of fused-ring (bicyclic) bond motifs is 1. The molecule has 3 aliphatic heterocycles. The number of piperidine rings is 1. The molecule has 1 atom stereocenters. The van der Waals surface area contributed by atoms with Crippen molar-refractivity contribution in [1.29, 1.82) is 5.41 Å². The van der Waals surface area contributed by atoms with E-state index in [-0.39, 0.29) is 35.3 Å². The molecular formula is C29H39FN8O3. The first-order chi connectivity index (χ1) is 19.4. The molecule has 220 valence electrons. The fourth-order valence-corrected chi connectivity index (χ4v) is 5.16. The third kappa shape index (κ3) is 6.75. The Labute approximate surface area is 240 Å². The highest BCUT2D eigenvalue weighted by Crippen LogP contribution is 2.30. The third-order valence-corrected chi connectivity index (χ3v) is 7.29. The topological polar surface area (TPSA) is 144 Å². The lowest BCUT2D eigenvalue weighted by Crippen LogP contribution is -2.50. The maximum absolute atomic E-state index is 13.9. The van der Waals surface area contributed by atoms with Gasteiger partial charge in [0.25, 0.3) is 0 Å². The summed E-state index contributed by atoms with van der Waals surface area (Å²) in [6.07, 6.45) is 8.66. The number of carbonyl (C=O) groups excluding carboxylic acids is 1. The fraction of sp³-hybridized carbons (Fsp3) is 0.483. The van der Waals surface area contributed by atoms with E-state index in [1.807, 2.05) is 43.0 Å². The van der Waals surface area contributed by atoms with Crippen molar-refractivity contribution in [2.45, 2.75) is 58.2 Å². The fourth-order valence-electron chi connectivity index (χ4n) is 5.16. The van der Waals surface area contributed by atoms with E-state index in [1.54, 1.807) is 11.8 Å². The maximum Gasteiger partial charge on any atom is 0.410 e. The van der Waals surface area contributed by atoms with Crippen LogP contribution in [0.2, 0.25) is 0 Å². The number of nitrogens with two attached hydrogens (primary N) is 1. The summed E-state index contributed by atoms with van der Waals surface area (Å²) in [5.74, 6) is -0.395. The van der Waals surface area contributed by atoms with Crippen molar-refractivity contribution < 1.29 is 19.0 Å². The second kappa shape index (κ2) is 12.1. The monoisotopic (exact) mass is 566 g/mol. The molecule has 2 fully saturated rings. The number of ether oxygens (including phenoxy) is 1. The number of amidine groups is 1. The number of allylic oxidation sites excluding steroid dienone is 5. The van der Waals surface area contributed by atoms with Gasteiger partial charge < -0.3 is 35.7 Å². The van der Waals surface area contributed by atoms with Crippen LogP contribution in [0.5, 0.6) is 0 Å². The number of aliphatic hydroxyl groups is 1. The van der Waals surface area contributed by atoms with E-state index in [0.717, 1.165) is 24.5 Å². The number of anilines is 1. The van der Waals surface area contributed by atoms with Crippen LogP contribution < -0.4 is 10.6 Å². The first-order valence-electron chi connectivity index (χ1n) is 13.8. The van der Waals surface area contributed by atoms with Gasteiger partial charge in [-0.25, -0.2) is 24.1 Å². The Morgan fingerprint density at radius 3 is 2.46 bits per heavy atom. The first kappa shape index (κ1) is 29.8. The molecule has 12 heteroatoms. The zero-order chi connectivity index (χ0) is 29.9. The van der Waals surface area contributed by atoms with Crippen LogP contribution in [0.4, 0.5) is 15.1 Å². The summed E-state index contributed by atoms with van der Waals surface area (Å²) >= 11 is 0. The van der Waals surface area contributed by atoms with Crippen LogP contribution in [0.15, 0.2) is 65.0 Å². The zero-order valence-corrected chi connectivity index (χ0v) is 24.1. The zero-order valence-electron chi connectivity index (χ0n) is 24.1. The SMILES string of the molecule is C=C/C(F)=C(O)\C(=C/C)C(=N)/C=C1\C(N)=NC2CN(c3ncc(C4CCN(C(=O)OC(C)(C)C)CC4)cn3)CCN12. The third-order valence-electron chi connectivity index (χ3n) is 7.29. The number of hydrogen-bond donors (Lipinski definition) is 3. The normalized spacial score (nSPS) is 21.8. The maximum atomic E-state index is 13.9. The average molecular weight is 567 g/mol. The highest BCUT2D eigenvalue weighted by molar-refractivity contribution is 6.13. The van der Waals surface area contributed by atoms with Gasteiger partial charge in [0.05, 0.1) is 18.0 Å². The predicted octanol–water partition coefficient (Wildman–Crippen LogP) is 4.19. The van der Waals surface area contributed by atoms with Crippen LogP contribution in [0.1, 0.15) is 52.0 Å². The van der Waals surface area contributed by atoms with Crippen molar-refractivity contribution in [2.24, 2.45) is 10.7 Å². The van der Waals surface area contributed by atoms with Crippen molar-refractivity contribution in [2.75, 3.05) is 37.6 Å². The van der Waals surface area contributed by atoms with Gasteiger partial charge in [0, 0.05) is 44.1 Å². The molecule has 2 saturated heterocycles. The van der Waals surface area contributed by atoms with Crippen molar-refractivity contribution in [1.82, 2.24) is 19.8 Å². The van der Waals surface area contributed by atoms with E-state index < -0.39 is 17.2 Å². The van der Waals surface area contributed by atoms with Crippen molar-refractivity contribution in [3.63, 3.8) is 0 Å². The van der Waals surface area contributed by atoms with Gasteiger partial charge in [-0.05, 0) is 64.2 Å². The van der Waals surface area contributed by atoms with Crippen molar-refractivity contribution in [3.8, 4) is 0 Å². The van der Waals surface area contributed by atoms with Crippen LogP contribution in [-0.2, 0) is 4.74 Å². The Bertz CT molecular complexity index is 1300. The highest BCUT2D eigenvalue weighted by Gasteiger charge is 2.36. The molecule has 4 rings (SSSR count). The number of aliphatic imine (C=N–C) groups is 1. The summed E-state index contributed by atoms with van der Waals surface area (Å²) < 4.78 is 19.4. The van der Waals surface area contributed by atoms with E-state index in [4.69, 9.17) is 15.9 Å². The molecule has 0 saturated carbocycles. The molecule has 1 aromatic rings. The summed E-state index contributed by atoms with van der Waals surface area (Å²) in [6.45, 7) is 13.5. The number of carbonyl (C=O) groups is 1. The molecule has 0 aromatic carbocycles. The van der Waals surface area contributed by atoms with E-state index >= 15 is 0 Å². The van der Waals surface area contributed by atoms with Gasteiger partial charge >= 0.3 is 6.09 Å². The number of amides is 1. The lowest BCUT2D eigenvalue weighted by Gasteiger charge is -2.38. The number of likely N-dealkylation sites (tertiary alicyclic amines) is 1. The average Bonchev–Trinajstić information content (AvgIpc) is 3.25. The minimum absolute atomic E-state index is 0.0359. The lowest BCUT2D eigenvalue weighted by molar-refractivity contribution is 0.0204. The van der Waals surface area contributed by atoms with Gasteiger partial charge in [-0.15, -0.1) is 0 Å². The summed E-state index contributed by atoms with van der Waals surface area (Å²) in [7, 11) is 0. The number of aliphatic hydroxyl groups excluding tert-OH is 1. The lowest BCUT2D eigenvalue weighted by atomic mass is 9.91. The first-order valence-corrected chi connectivity index (χ1v) is 13.8. The Morgan fingerprint density at radius 2 is 1.88 bits per heavy atom. The van der Waals surface area contributed by atoms with Crippen LogP contribution in [0.3, 0.4) is 0 Å². The largest absolute Gasteiger partial charge is 0.504 e. The van der Waals surface area contributed by atoms with Crippen LogP contribution >= 0.6 is 0 Å². The van der Waals surface area contributed by atoms with Gasteiger partial charge in [0.1, 0.15) is 17.6 Å². The molecule has 0 aliphatic carbocycles. The number of rotatable bonds is 6.